The Balaban J connectivity index is 1.70. The fourth-order valence-electron chi connectivity index (χ4n) is 5.28. The molecule has 0 spiro atoms. The van der Waals surface area contributed by atoms with Crippen molar-refractivity contribution in [3.63, 3.8) is 0 Å². The first kappa shape index (κ1) is 18.0. The second-order valence-electron chi connectivity index (χ2n) is 8.08. The molecule has 2 atom stereocenters. The van der Waals surface area contributed by atoms with Gasteiger partial charge in [-0.05, 0) is 78.7 Å². The molecule has 2 nitrogen and oxygen atoms in total. The second kappa shape index (κ2) is 6.48. The van der Waals surface area contributed by atoms with Gasteiger partial charge in [-0.3, -0.25) is 0 Å². The van der Waals surface area contributed by atoms with Crippen LogP contribution >= 0.6 is 0 Å². The third-order valence-electron chi connectivity index (χ3n) is 6.44. The van der Waals surface area contributed by atoms with Crippen LogP contribution in [-0.4, -0.2) is 25.7 Å². The lowest BCUT2D eigenvalue weighted by atomic mass is 9.86. The number of halogens is 4. The van der Waals surface area contributed by atoms with E-state index in [-0.39, 0.29) is 5.56 Å². The standard InChI is InChI=1S/C22H22F4N2/c23-15-4-5-16(19(11-15)22(24,25)26)14-9-13-3-1-2-8-28-20-6-7-27-12-18(20)17(10-14)21(13)28/h4-5,9-11,18,20,27H,1-3,6-8,12H2/t18-,20-/m0/s1. The summed E-state index contributed by atoms with van der Waals surface area (Å²) < 4.78 is 54.4. The smallest absolute Gasteiger partial charge is 0.367 e. The number of anilines is 1. The van der Waals surface area contributed by atoms with Crippen molar-refractivity contribution in [1.29, 1.82) is 0 Å². The Bertz CT molecular complexity index is 921. The Morgan fingerprint density at radius 3 is 2.75 bits per heavy atom. The van der Waals surface area contributed by atoms with Crippen LogP contribution in [0.15, 0.2) is 30.3 Å². The number of nitrogens with zero attached hydrogens (tertiary/aromatic N) is 1. The molecular weight excluding hydrogens is 368 g/mol. The Morgan fingerprint density at radius 1 is 1.07 bits per heavy atom. The van der Waals surface area contributed by atoms with Gasteiger partial charge in [0.1, 0.15) is 5.82 Å². The highest BCUT2D eigenvalue weighted by Crippen LogP contribution is 2.49. The molecule has 0 radical (unpaired) electrons. The predicted molar refractivity (Wildman–Crippen MR) is 101 cm³/mol. The molecular formula is C22H22F4N2. The maximum Gasteiger partial charge on any atom is 0.417 e. The van der Waals surface area contributed by atoms with Crippen molar-refractivity contribution in [1.82, 2.24) is 5.32 Å². The van der Waals surface area contributed by atoms with E-state index < -0.39 is 17.6 Å². The Labute approximate surface area is 161 Å². The summed E-state index contributed by atoms with van der Waals surface area (Å²) >= 11 is 0. The molecule has 3 aliphatic heterocycles. The second-order valence-corrected chi connectivity index (χ2v) is 8.08. The lowest BCUT2D eigenvalue weighted by Crippen LogP contribution is -2.44. The van der Waals surface area contributed by atoms with E-state index in [1.54, 1.807) is 0 Å². The fourth-order valence-corrected chi connectivity index (χ4v) is 5.28. The summed E-state index contributed by atoms with van der Waals surface area (Å²) in [4.78, 5) is 2.50. The normalized spacial score (nSPS) is 23.9. The molecule has 148 valence electrons. The molecule has 3 heterocycles. The molecule has 5 rings (SSSR count). The van der Waals surface area contributed by atoms with Gasteiger partial charge in [-0.25, -0.2) is 4.39 Å². The van der Waals surface area contributed by atoms with Crippen LogP contribution in [-0.2, 0) is 12.6 Å². The van der Waals surface area contributed by atoms with Gasteiger partial charge in [0.15, 0.2) is 0 Å². The molecule has 1 N–H and O–H groups in total. The first-order valence-corrected chi connectivity index (χ1v) is 9.95. The minimum absolute atomic E-state index is 0.0657. The highest BCUT2D eigenvalue weighted by Gasteiger charge is 2.42. The van der Waals surface area contributed by atoms with Gasteiger partial charge in [-0.2, -0.15) is 13.2 Å². The minimum atomic E-state index is -4.59. The number of hydrogen-bond donors (Lipinski definition) is 1. The first-order chi connectivity index (χ1) is 13.4. The van der Waals surface area contributed by atoms with E-state index in [0.717, 1.165) is 62.5 Å². The van der Waals surface area contributed by atoms with Gasteiger partial charge in [-0.1, -0.05) is 6.07 Å². The minimum Gasteiger partial charge on any atom is -0.367 e. The molecule has 0 saturated carbocycles. The van der Waals surface area contributed by atoms with Crippen LogP contribution in [0.2, 0.25) is 0 Å². The molecule has 0 aliphatic carbocycles. The average molecular weight is 390 g/mol. The van der Waals surface area contributed by atoms with Crippen molar-refractivity contribution >= 4 is 5.69 Å². The van der Waals surface area contributed by atoms with Crippen molar-refractivity contribution in [3.05, 3.63) is 52.8 Å². The van der Waals surface area contributed by atoms with Crippen LogP contribution in [0.25, 0.3) is 11.1 Å². The van der Waals surface area contributed by atoms with Gasteiger partial charge in [0, 0.05) is 30.7 Å². The Morgan fingerprint density at radius 2 is 1.93 bits per heavy atom. The van der Waals surface area contributed by atoms with E-state index >= 15 is 0 Å². The number of nitrogens with one attached hydrogen (secondary N) is 1. The van der Waals surface area contributed by atoms with Crippen molar-refractivity contribution in [2.75, 3.05) is 24.5 Å². The van der Waals surface area contributed by atoms with Crippen LogP contribution in [0.5, 0.6) is 0 Å². The number of rotatable bonds is 1. The molecule has 0 amide bonds. The van der Waals surface area contributed by atoms with Gasteiger partial charge in [0.2, 0.25) is 0 Å². The van der Waals surface area contributed by atoms with E-state index in [1.165, 1.54) is 11.8 Å². The maximum atomic E-state index is 13.6. The van der Waals surface area contributed by atoms with Gasteiger partial charge in [0.05, 0.1) is 5.56 Å². The summed E-state index contributed by atoms with van der Waals surface area (Å²) in [6.45, 7) is 2.85. The SMILES string of the molecule is Fc1ccc(-c2cc3c4c(c2)[C@@H]2CNCC[C@@H]2N4CCCC3)c(C(F)(F)F)c1. The monoisotopic (exact) mass is 390 g/mol. The van der Waals surface area contributed by atoms with Crippen LogP contribution < -0.4 is 10.2 Å². The summed E-state index contributed by atoms with van der Waals surface area (Å²) in [6.07, 6.45) is -0.520. The van der Waals surface area contributed by atoms with E-state index in [9.17, 15) is 17.6 Å². The zero-order valence-electron chi connectivity index (χ0n) is 15.5. The Kier molecular flexibility index (Phi) is 4.16. The number of alkyl halides is 3. The molecule has 1 fully saturated rings. The van der Waals surface area contributed by atoms with Crippen LogP contribution in [0.1, 0.15) is 41.9 Å². The molecule has 1 saturated heterocycles. The van der Waals surface area contributed by atoms with Crippen LogP contribution in [0.4, 0.5) is 23.2 Å². The average Bonchev–Trinajstić information content (AvgIpc) is 2.82. The number of benzene rings is 2. The summed E-state index contributed by atoms with van der Waals surface area (Å²) in [7, 11) is 0. The van der Waals surface area contributed by atoms with Gasteiger partial charge in [-0.15, -0.1) is 0 Å². The van der Waals surface area contributed by atoms with Gasteiger partial charge in [0.25, 0.3) is 0 Å². The maximum absolute atomic E-state index is 13.6. The lowest BCUT2D eigenvalue weighted by molar-refractivity contribution is -0.137. The Hall–Kier alpha value is -2.08. The third-order valence-corrected chi connectivity index (χ3v) is 6.44. The summed E-state index contributed by atoms with van der Waals surface area (Å²) in [5.74, 6) is -0.562. The molecule has 0 unspecified atom stereocenters. The highest BCUT2D eigenvalue weighted by atomic mass is 19.4. The molecule has 0 bridgehead atoms. The number of aryl methyl sites for hydroxylation is 1. The zero-order valence-corrected chi connectivity index (χ0v) is 15.5. The quantitative estimate of drug-likeness (QED) is 0.681. The lowest BCUT2D eigenvalue weighted by Gasteiger charge is -2.33. The molecule has 6 heteroatoms. The summed E-state index contributed by atoms with van der Waals surface area (Å²) in [5, 5.41) is 3.44. The van der Waals surface area contributed by atoms with Crippen molar-refractivity contribution in [2.24, 2.45) is 0 Å². The zero-order chi connectivity index (χ0) is 19.5. The molecule has 3 aliphatic rings. The topological polar surface area (TPSA) is 15.3 Å². The largest absolute Gasteiger partial charge is 0.417 e. The number of fused-ring (bicyclic) bond motifs is 3. The predicted octanol–water partition coefficient (Wildman–Crippen LogP) is 5.11. The van der Waals surface area contributed by atoms with Gasteiger partial charge >= 0.3 is 6.18 Å². The van der Waals surface area contributed by atoms with E-state index in [4.69, 9.17) is 0 Å². The molecule has 0 aromatic heterocycles. The van der Waals surface area contributed by atoms with E-state index in [0.29, 0.717) is 23.6 Å². The van der Waals surface area contributed by atoms with Crippen molar-refractivity contribution in [3.8, 4) is 11.1 Å². The molecule has 28 heavy (non-hydrogen) atoms. The molecule has 2 aromatic carbocycles. The van der Waals surface area contributed by atoms with Crippen molar-refractivity contribution in [2.45, 2.75) is 43.8 Å². The third kappa shape index (κ3) is 2.81. The molecule has 2 aromatic rings. The number of piperidine rings is 1. The van der Waals surface area contributed by atoms with E-state index in [2.05, 4.69) is 10.2 Å². The summed E-state index contributed by atoms with van der Waals surface area (Å²) in [5.41, 5.74) is 3.25. The first-order valence-electron chi connectivity index (χ1n) is 9.95. The van der Waals surface area contributed by atoms with Crippen molar-refractivity contribution < 1.29 is 17.6 Å². The van der Waals surface area contributed by atoms with Crippen LogP contribution in [0, 0.1) is 5.82 Å². The van der Waals surface area contributed by atoms with Crippen LogP contribution in [0.3, 0.4) is 0 Å². The number of hydrogen-bond acceptors (Lipinski definition) is 2. The van der Waals surface area contributed by atoms with Gasteiger partial charge < -0.3 is 10.2 Å². The van der Waals surface area contributed by atoms with E-state index in [1.807, 2.05) is 12.1 Å². The summed E-state index contributed by atoms with van der Waals surface area (Å²) in [6, 6.07) is 7.26. The fraction of sp³-hybridized carbons (Fsp3) is 0.455. The highest BCUT2D eigenvalue weighted by molar-refractivity contribution is 5.77.